The molecule has 0 bridgehead atoms. The maximum absolute atomic E-state index is 11.3. The Morgan fingerprint density at radius 3 is 2.50 bits per heavy atom. The zero-order valence-corrected chi connectivity index (χ0v) is 12.9. The summed E-state index contributed by atoms with van der Waals surface area (Å²) in [6, 6.07) is 0.537. The second-order valence-corrected chi connectivity index (χ2v) is 8.09. The van der Waals surface area contributed by atoms with Gasteiger partial charge in [0.2, 0.25) is 0 Å². The summed E-state index contributed by atoms with van der Waals surface area (Å²) in [5, 5.41) is 3.61. The minimum absolute atomic E-state index is 0.346. The molecule has 0 aromatic carbocycles. The highest BCUT2D eigenvalue weighted by atomic mass is 32.2. The Labute approximate surface area is 113 Å². The summed E-state index contributed by atoms with van der Waals surface area (Å²) in [5.74, 6) is 1.69. The van der Waals surface area contributed by atoms with E-state index in [4.69, 9.17) is 0 Å². The summed E-state index contributed by atoms with van der Waals surface area (Å²) in [6.07, 6.45) is 8.27. The lowest BCUT2D eigenvalue weighted by atomic mass is 9.76. The molecule has 4 heteroatoms. The molecule has 1 rings (SSSR count). The van der Waals surface area contributed by atoms with Crippen LogP contribution in [0.5, 0.6) is 0 Å². The molecule has 0 aromatic heterocycles. The maximum atomic E-state index is 11.3. The first-order valence-electron chi connectivity index (χ1n) is 7.37. The van der Waals surface area contributed by atoms with Gasteiger partial charge in [-0.15, -0.1) is 0 Å². The van der Waals surface area contributed by atoms with Crippen molar-refractivity contribution >= 4 is 9.84 Å². The van der Waals surface area contributed by atoms with Crippen LogP contribution in [-0.2, 0) is 9.84 Å². The van der Waals surface area contributed by atoms with Crippen LogP contribution in [-0.4, -0.2) is 33.0 Å². The lowest BCUT2D eigenvalue weighted by Crippen LogP contribution is -2.41. The topological polar surface area (TPSA) is 46.2 Å². The van der Waals surface area contributed by atoms with Gasteiger partial charge in [-0.05, 0) is 50.5 Å². The molecule has 1 fully saturated rings. The first-order chi connectivity index (χ1) is 8.46. The number of rotatable bonds is 7. The molecule has 0 amide bonds. The van der Waals surface area contributed by atoms with Crippen LogP contribution in [0.25, 0.3) is 0 Å². The molecule has 3 nitrogen and oxygen atoms in total. The molecule has 3 unspecified atom stereocenters. The second kappa shape index (κ2) is 7.49. The Balaban J connectivity index is 2.53. The van der Waals surface area contributed by atoms with E-state index in [0.29, 0.717) is 17.7 Å². The number of nitrogens with one attached hydrogen (secondary N) is 1. The highest BCUT2D eigenvalue weighted by molar-refractivity contribution is 7.90. The average molecular weight is 275 g/mol. The Hall–Kier alpha value is -0.0900. The SMILES string of the molecule is CCCNC1CCC(CC)CC1CCS(C)(=O)=O. The number of hydrogen-bond donors (Lipinski definition) is 1. The fourth-order valence-corrected chi connectivity index (χ4v) is 3.75. The second-order valence-electron chi connectivity index (χ2n) is 5.83. The van der Waals surface area contributed by atoms with Crippen LogP contribution in [0, 0.1) is 11.8 Å². The lowest BCUT2D eigenvalue weighted by Gasteiger charge is -2.36. The van der Waals surface area contributed by atoms with Crippen LogP contribution >= 0.6 is 0 Å². The molecule has 18 heavy (non-hydrogen) atoms. The Bertz CT molecular complexity index is 327. The van der Waals surface area contributed by atoms with Crippen LogP contribution in [0.4, 0.5) is 0 Å². The van der Waals surface area contributed by atoms with Crippen molar-refractivity contribution in [2.45, 2.75) is 58.4 Å². The first-order valence-corrected chi connectivity index (χ1v) is 9.43. The Morgan fingerprint density at radius 2 is 1.94 bits per heavy atom. The third kappa shape index (κ3) is 5.70. The fraction of sp³-hybridized carbons (Fsp3) is 1.00. The third-order valence-corrected chi connectivity index (χ3v) is 5.16. The standard InChI is InChI=1S/C14H29NO2S/c1-4-9-15-14-7-6-12(5-2)11-13(14)8-10-18(3,16)17/h12-15H,4-11H2,1-3H3. The van der Waals surface area contributed by atoms with Gasteiger partial charge >= 0.3 is 0 Å². The minimum atomic E-state index is -2.82. The van der Waals surface area contributed by atoms with Crippen molar-refractivity contribution in [3.05, 3.63) is 0 Å². The summed E-state index contributed by atoms with van der Waals surface area (Å²) < 4.78 is 22.7. The van der Waals surface area contributed by atoms with Crippen molar-refractivity contribution in [3.8, 4) is 0 Å². The normalized spacial score (nSPS) is 29.4. The van der Waals surface area contributed by atoms with Gasteiger partial charge in [0, 0.05) is 12.3 Å². The van der Waals surface area contributed by atoms with Gasteiger partial charge in [-0.1, -0.05) is 20.3 Å². The molecule has 0 aromatic rings. The van der Waals surface area contributed by atoms with Gasteiger partial charge in [0.05, 0.1) is 5.75 Å². The van der Waals surface area contributed by atoms with E-state index in [1.54, 1.807) is 0 Å². The van der Waals surface area contributed by atoms with Gasteiger partial charge in [0.15, 0.2) is 0 Å². The smallest absolute Gasteiger partial charge is 0.147 e. The van der Waals surface area contributed by atoms with E-state index in [-0.39, 0.29) is 0 Å². The van der Waals surface area contributed by atoms with Gasteiger partial charge in [0.1, 0.15) is 9.84 Å². The van der Waals surface area contributed by atoms with E-state index in [0.717, 1.165) is 25.3 Å². The molecule has 108 valence electrons. The van der Waals surface area contributed by atoms with Crippen LogP contribution in [0.3, 0.4) is 0 Å². The molecule has 1 aliphatic rings. The summed E-state index contributed by atoms with van der Waals surface area (Å²) in [7, 11) is -2.82. The van der Waals surface area contributed by atoms with E-state index in [9.17, 15) is 8.42 Å². The zero-order valence-electron chi connectivity index (χ0n) is 12.1. The molecule has 0 aliphatic heterocycles. The fourth-order valence-electron chi connectivity index (χ4n) is 3.01. The minimum Gasteiger partial charge on any atom is -0.314 e. The van der Waals surface area contributed by atoms with Gasteiger partial charge in [-0.3, -0.25) is 0 Å². The van der Waals surface area contributed by atoms with Crippen LogP contribution in [0.2, 0.25) is 0 Å². The molecule has 1 aliphatic carbocycles. The van der Waals surface area contributed by atoms with Crippen molar-refractivity contribution in [3.63, 3.8) is 0 Å². The number of sulfone groups is 1. The average Bonchev–Trinajstić information content (AvgIpc) is 2.33. The molecular formula is C14H29NO2S. The third-order valence-electron chi connectivity index (χ3n) is 4.18. The van der Waals surface area contributed by atoms with Crippen LogP contribution in [0.15, 0.2) is 0 Å². The molecule has 3 atom stereocenters. The van der Waals surface area contributed by atoms with Gasteiger partial charge in [-0.25, -0.2) is 8.42 Å². The molecule has 1 saturated carbocycles. The van der Waals surface area contributed by atoms with E-state index >= 15 is 0 Å². The molecular weight excluding hydrogens is 246 g/mol. The predicted molar refractivity (Wildman–Crippen MR) is 77.5 cm³/mol. The van der Waals surface area contributed by atoms with Crippen LogP contribution < -0.4 is 5.32 Å². The maximum Gasteiger partial charge on any atom is 0.147 e. The highest BCUT2D eigenvalue weighted by Gasteiger charge is 2.29. The van der Waals surface area contributed by atoms with Gasteiger partial charge in [0.25, 0.3) is 0 Å². The largest absolute Gasteiger partial charge is 0.314 e. The Morgan fingerprint density at radius 1 is 1.22 bits per heavy atom. The van der Waals surface area contributed by atoms with Crippen LogP contribution in [0.1, 0.15) is 52.4 Å². The quantitative estimate of drug-likeness (QED) is 0.777. The summed E-state index contributed by atoms with van der Waals surface area (Å²) in [5.41, 5.74) is 0. The van der Waals surface area contributed by atoms with Crippen molar-refractivity contribution in [1.29, 1.82) is 0 Å². The van der Waals surface area contributed by atoms with E-state index < -0.39 is 9.84 Å². The summed E-state index contributed by atoms with van der Waals surface area (Å²) >= 11 is 0. The number of hydrogen-bond acceptors (Lipinski definition) is 3. The van der Waals surface area contributed by atoms with E-state index in [1.165, 1.54) is 31.9 Å². The van der Waals surface area contributed by atoms with E-state index in [1.807, 2.05) is 0 Å². The van der Waals surface area contributed by atoms with E-state index in [2.05, 4.69) is 19.2 Å². The lowest BCUT2D eigenvalue weighted by molar-refractivity contribution is 0.195. The van der Waals surface area contributed by atoms with Gasteiger partial charge in [-0.2, -0.15) is 0 Å². The van der Waals surface area contributed by atoms with Crippen molar-refractivity contribution in [2.24, 2.45) is 11.8 Å². The summed E-state index contributed by atoms with van der Waals surface area (Å²) in [6.45, 7) is 5.48. The molecule has 0 saturated heterocycles. The molecule has 0 heterocycles. The molecule has 1 N–H and O–H groups in total. The van der Waals surface area contributed by atoms with Crippen molar-refractivity contribution in [1.82, 2.24) is 5.32 Å². The molecule has 0 radical (unpaired) electrons. The monoisotopic (exact) mass is 275 g/mol. The van der Waals surface area contributed by atoms with Crippen molar-refractivity contribution < 1.29 is 8.42 Å². The molecule has 0 spiro atoms. The van der Waals surface area contributed by atoms with Crippen molar-refractivity contribution in [2.75, 3.05) is 18.6 Å². The van der Waals surface area contributed by atoms with Gasteiger partial charge < -0.3 is 5.32 Å². The zero-order chi connectivity index (χ0) is 13.6. The predicted octanol–water partition coefficient (Wildman–Crippen LogP) is 2.62. The highest BCUT2D eigenvalue weighted by Crippen LogP contribution is 2.33. The Kier molecular flexibility index (Phi) is 6.64. The summed E-state index contributed by atoms with van der Waals surface area (Å²) in [4.78, 5) is 0. The first kappa shape index (κ1) is 16.0.